The van der Waals surface area contributed by atoms with E-state index >= 15 is 0 Å². The van der Waals surface area contributed by atoms with Gasteiger partial charge in [-0.05, 0) is 32.7 Å². The number of likely N-dealkylation sites (N-methyl/N-ethyl adjacent to an activating group) is 1. The summed E-state index contributed by atoms with van der Waals surface area (Å²) >= 11 is 0. The minimum atomic E-state index is -0.197. The number of nitrogens with one attached hydrogen (secondary N) is 1. The lowest BCUT2D eigenvalue weighted by Crippen LogP contribution is -2.55. The minimum absolute atomic E-state index is 0.179. The molecule has 3 heteroatoms. The minimum Gasteiger partial charge on any atom is -0.394 e. The van der Waals surface area contributed by atoms with Crippen LogP contribution in [-0.2, 0) is 0 Å². The number of hydrogen-bond acceptors (Lipinski definition) is 3. The van der Waals surface area contributed by atoms with Crippen molar-refractivity contribution in [1.82, 2.24) is 10.2 Å². The van der Waals surface area contributed by atoms with Gasteiger partial charge in [-0.15, -0.1) is 0 Å². The number of rotatable bonds is 9. The highest BCUT2D eigenvalue weighted by Crippen LogP contribution is 2.15. The first-order chi connectivity index (χ1) is 7.92. The van der Waals surface area contributed by atoms with Gasteiger partial charge in [-0.3, -0.25) is 4.90 Å². The maximum atomic E-state index is 9.51. The smallest absolute Gasteiger partial charge is 0.0623 e. The second-order valence-electron chi connectivity index (χ2n) is 5.76. The van der Waals surface area contributed by atoms with Crippen molar-refractivity contribution >= 4 is 0 Å². The molecule has 0 heterocycles. The topological polar surface area (TPSA) is 35.5 Å². The van der Waals surface area contributed by atoms with E-state index < -0.39 is 0 Å². The van der Waals surface area contributed by atoms with Crippen LogP contribution in [0.15, 0.2) is 0 Å². The van der Waals surface area contributed by atoms with Gasteiger partial charge >= 0.3 is 0 Å². The monoisotopic (exact) mass is 244 g/mol. The van der Waals surface area contributed by atoms with Crippen LogP contribution in [0, 0.1) is 5.92 Å². The van der Waals surface area contributed by atoms with E-state index in [-0.39, 0.29) is 12.1 Å². The predicted octanol–water partition coefficient (Wildman–Crippen LogP) is 2.10. The van der Waals surface area contributed by atoms with Crippen molar-refractivity contribution in [3.63, 3.8) is 0 Å². The summed E-state index contributed by atoms with van der Waals surface area (Å²) in [6.45, 7) is 13.3. The first-order valence-corrected chi connectivity index (χ1v) is 6.96. The lowest BCUT2D eigenvalue weighted by Gasteiger charge is -2.39. The van der Waals surface area contributed by atoms with Crippen LogP contribution in [-0.4, -0.2) is 48.3 Å². The second kappa shape index (κ2) is 8.06. The fourth-order valence-corrected chi connectivity index (χ4v) is 2.27. The molecule has 0 aliphatic carbocycles. The summed E-state index contributed by atoms with van der Waals surface area (Å²) in [5.41, 5.74) is -0.197. The zero-order chi connectivity index (χ0) is 13.5. The molecular formula is C14H32N2O. The maximum Gasteiger partial charge on any atom is 0.0623 e. The Balaban J connectivity index is 4.67. The molecule has 0 aromatic rings. The van der Waals surface area contributed by atoms with Crippen molar-refractivity contribution in [2.24, 2.45) is 5.92 Å². The second-order valence-corrected chi connectivity index (χ2v) is 5.76. The highest BCUT2D eigenvalue weighted by Gasteiger charge is 2.27. The van der Waals surface area contributed by atoms with Crippen LogP contribution < -0.4 is 5.32 Å². The normalized spacial score (nSPS) is 15.9. The Morgan fingerprint density at radius 1 is 1.24 bits per heavy atom. The summed E-state index contributed by atoms with van der Waals surface area (Å²) in [7, 11) is 1.93. The molecule has 0 spiro atoms. The Morgan fingerprint density at radius 2 is 1.76 bits per heavy atom. The van der Waals surface area contributed by atoms with Crippen LogP contribution in [0.3, 0.4) is 0 Å². The van der Waals surface area contributed by atoms with Crippen LogP contribution in [0.1, 0.15) is 47.5 Å². The number of nitrogens with zero attached hydrogens (tertiary/aromatic N) is 1. The van der Waals surface area contributed by atoms with E-state index in [0.29, 0.717) is 12.0 Å². The van der Waals surface area contributed by atoms with Crippen molar-refractivity contribution in [3.05, 3.63) is 0 Å². The molecule has 1 unspecified atom stereocenters. The highest BCUT2D eigenvalue weighted by atomic mass is 16.3. The molecule has 0 aromatic carbocycles. The van der Waals surface area contributed by atoms with Gasteiger partial charge < -0.3 is 10.4 Å². The lowest BCUT2D eigenvalue weighted by atomic mass is 9.99. The van der Waals surface area contributed by atoms with Crippen molar-refractivity contribution in [2.75, 3.05) is 26.7 Å². The van der Waals surface area contributed by atoms with Gasteiger partial charge in [0.2, 0.25) is 0 Å². The van der Waals surface area contributed by atoms with Crippen molar-refractivity contribution in [2.45, 2.75) is 59.0 Å². The summed E-state index contributed by atoms with van der Waals surface area (Å²) in [6.07, 6.45) is 2.35. The average Bonchev–Trinajstić information content (AvgIpc) is 2.29. The van der Waals surface area contributed by atoms with E-state index in [9.17, 15) is 5.11 Å². The molecule has 0 saturated heterocycles. The van der Waals surface area contributed by atoms with Crippen LogP contribution >= 0.6 is 0 Å². The van der Waals surface area contributed by atoms with Crippen molar-refractivity contribution in [1.29, 1.82) is 0 Å². The molecule has 0 aliphatic rings. The van der Waals surface area contributed by atoms with Crippen molar-refractivity contribution < 1.29 is 5.11 Å². The fraction of sp³-hybridized carbons (Fsp3) is 1.00. The third-order valence-corrected chi connectivity index (χ3v) is 3.56. The van der Waals surface area contributed by atoms with Crippen LogP contribution in [0.25, 0.3) is 0 Å². The largest absolute Gasteiger partial charge is 0.394 e. The summed E-state index contributed by atoms with van der Waals surface area (Å²) < 4.78 is 0. The first kappa shape index (κ1) is 16.9. The van der Waals surface area contributed by atoms with Crippen molar-refractivity contribution in [3.8, 4) is 0 Å². The molecule has 0 bridgehead atoms. The Morgan fingerprint density at radius 3 is 2.06 bits per heavy atom. The summed E-state index contributed by atoms with van der Waals surface area (Å²) in [4.78, 5) is 2.53. The third kappa shape index (κ3) is 5.84. The molecule has 0 amide bonds. The molecule has 0 radical (unpaired) electrons. The van der Waals surface area contributed by atoms with Gasteiger partial charge in [0, 0.05) is 19.1 Å². The molecule has 104 valence electrons. The Kier molecular flexibility index (Phi) is 8.01. The van der Waals surface area contributed by atoms with Crippen LogP contribution in [0.5, 0.6) is 0 Å². The fourth-order valence-electron chi connectivity index (χ4n) is 2.27. The number of aliphatic hydroxyl groups excluding tert-OH is 1. The molecule has 0 aromatic heterocycles. The molecule has 0 aliphatic heterocycles. The van der Waals surface area contributed by atoms with E-state index in [0.717, 1.165) is 13.1 Å². The summed E-state index contributed by atoms with van der Waals surface area (Å²) in [6, 6.07) is 0.622. The van der Waals surface area contributed by atoms with E-state index in [4.69, 9.17) is 0 Å². The number of aliphatic hydroxyl groups is 1. The lowest BCUT2D eigenvalue weighted by molar-refractivity contribution is 0.0864. The van der Waals surface area contributed by atoms with Gasteiger partial charge in [-0.1, -0.05) is 27.7 Å². The van der Waals surface area contributed by atoms with E-state index in [1.807, 2.05) is 7.05 Å². The maximum absolute atomic E-state index is 9.51. The molecular weight excluding hydrogens is 212 g/mol. The van der Waals surface area contributed by atoms with Gasteiger partial charge in [0.05, 0.1) is 12.1 Å². The Labute approximate surface area is 108 Å². The quantitative estimate of drug-likeness (QED) is 0.652. The first-order valence-electron chi connectivity index (χ1n) is 6.96. The Bertz CT molecular complexity index is 187. The van der Waals surface area contributed by atoms with Gasteiger partial charge in [0.25, 0.3) is 0 Å². The zero-order valence-electron chi connectivity index (χ0n) is 12.6. The molecule has 0 fully saturated rings. The molecule has 3 nitrogen and oxygen atoms in total. The molecule has 2 N–H and O–H groups in total. The van der Waals surface area contributed by atoms with E-state index in [1.54, 1.807) is 0 Å². The standard InChI is InChI=1S/C14H32N2O/c1-7-13(8-2)16(9-12(3)4)10-14(5,11-17)15-6/h12-13,15,17H,7-11H2,1-6H3. The molecule has 0 saturated carbocycles. The molecule has 1 atom stereocenters. The highest BCUT2D eigenvalue weighted by molar-refractivity contribution is 4.87. The zero-order valence-corrected chi connectivity index (χ0v) is 12.6. The average molecular weight is 244 g/mol. The molecule has 17 heavy (non-hydrogen) atoms. The predicted molar refractivity (Wildman–Crippen MR) is 75.3 cm³/mol. The van der Waals surface area contributed by atoms with Crippen LogP contribution in [0.4, 0.5) is 0 Å². The summed E-state index contributed by atoms with van der Waals surface area (Å²) in [5.74, 6) is 0.662. The SMILES string of the molecule is CCC(CC)N(CC(C)C)CC(C)(CO)NC. The van der Waals surface area contributed by atoms with Gasteiger partial charge in [0.15, 0.2) is 0 Å². The molecule has 0 rings (SSSR count). The number of hydrogen-bond donors (Lipinski definition) is 2. The van der Waals surface area contributed by atoms with Crippen LogP contribution in [0.2, 0.25) is 0 Å². The van der Waals surface area contributed by atoms with Gasteiger partial charge in [-0.2, -0.15) is 0 Å². The van der Waals surface area contributed by atoms with Gasteiger partial charge in [-0.25, -0.2) is 0 Å². The third-order valence-electron chi connectivity index (χ3n) is 3.56. The van der Waals surface area contributed by atoms with E-state index in [1.165, 1.54) is 12.8 Å². The Hall–Kier alpha value is -0.120. The van der Waals surface area contributed by atoms with Gasteiger partial charge in [0.1, 0.15) is 0 Å². The summed E-state index contributed by atoms with van der Waals surface area (Å²) in [5, 5.41) is 12.7. The van der Waals surface area contributed by atoms with E-state index in [2.05, 4.69) is 44.8 Å².